The number of hydrogen-bond acceptors (Lipinski definition) is 2. The van der Waals surface area contributed by atoms with Gasteiger partial charge >= 0.3 is 0 Å². The first kappa shape index (κ1) is 13.0. The summed E-state index contributed by atoms with van der Waals surface area (Å²) in [6.07, 6.45) is 1.02. The van der Waals surface area contributed by atoms with Gasteiger partial charge in [-0.3, -0.25) is 0 Å². The molecule has 96 valence electrons. The minimum absolute atomic E-state index is 0.502. The van der Waals surface area contributed by atoms with E-state index in [2.05, 4.69) is 13.0 Å². The molecule has 0 atom stereocenters. The maximum Gasteiger partial charge on any atom is 0.119 e. The first-order chi connectivity index (χ1) is 8.83. The highest BCUT2D eigenvalue weighted by atomic mass is 35.5. The molecular formula is C15H17ClO2. The van der Waals surface area contributed by atoms with E-state index in [1.165, 1.54) is 0 Å². The van der Waals surface area contributed by atoms with Crippen LogP contribution in [0.2, 0.25) is 0 Å². The lowest BCUT2D eigenvalue weighted by atomic mass is 10.1. The van der Waals surface area contributed by atoms with Gasteiger partial charge in [0.25, 0.3) is 0 Å². The lowest BCUT2D eigenvalue weighted by Crippen LogP contribution is -1.97. The van der Waals surface area contributed by atoms with E-state index in [4.69, 9.17) is 21.1 Å². The summed E-state index contributed by atoms with van der Waals surface area (Å²) in [4.78, 5) is 0. The average molecular weight is 265 g/mol. The standard InChI is InChI=1S/C15H17ClO2/c1-2-8-17-14-5-3-13-11-15(18-9-7-16)6-4-12(13)10-14/h3-6,10-11H,2,7-9H2,1H3. The van der Waals surface area contributed by atoms with E-state index in [1.807, 2.05) is 30.3 Å². The average Bonchev–Trinajstić information content (AvgIpc) is 2.42. The molecule has 0 aliphatic rings. The lowest BCUT2D eigenvalue weighted by molar-refractivity contribution is 0.318. The molecule has 3 heteroatoms. The number of alkyl halides is 1. The van der Waals surface area contributed by atoms with Crippen molar-refractivity contribution in [1.82, 2.24) is 0 Å². The number of ether oxygens (including phenoxy) is 2. The van der Waals surface area contributed by atoms with Crippen LogP contribution in [0.15, 0.2) is 36.4 Å². The summed E-state index contributed by atoms with van der Waals surface area (Å²) >= 11 is 5.60. The van der Waals surface area contributed by atoms with Gasteiger partial charge in [-0.2, -0.15) is 0 Å². The SMILES string of the molecule is CCCOc1ccc2cc(OCCCl)ccc2c1. The summed E-state index contributed by atoms with van der Waals surface area (Å²) < 4.78 is 11.1. The molecule has 0 aromatic heterocycles. The van der Waals surface area contributed by atoms with E-state index < -0.39 is 0 Å². The molecule has 0 N–H and O–H groups in total. The van der Waals surface area contributed by atoms with Crippen molar-refractivity contribution < 1.29 is 9.47 Å². The molecule has 0 aliphatic heterocycles. The van der Waals surface area contributed by atoms with Crippen molar-refractivity contribution in [2.24, 2.45) is 0 Å². The van der Waals surface area contributed by atoms with Crippen molar-refractivity contribution in [3.8, 4) is 11.5 Å². The largest absolute Gasteiger partial charge is 0.494 e. The van der Waals surface area contributed by atoms with E-state index in [-0.39, 0.29) is 0 Å². The summed E-state index contributed by atoms with van der Waals surface area (Å²) in [7, 11) is 0. The Bertz CT molecular complexity index is 464. The van der Waals surface area contributed by atoms with Crippen LogP contribution in [-0.2, 0) is 0 Å². The zero-order valence-electron chi connectivity index (χ0n) is 10.5. The zero-order valence-corrected chi connectivity index (χ0v) is 11.2. The first-order valence-electron chi connectivity index (χ1n) is 6.19. The van der Waals surface area contributed by atoms with Crippen molar-refractivity contribution in [3.05, 3.63) is 36.4 Å². The minimum Gasteiger partial charge on any atom is -0.494 e. The van der Waals surface area contributed by atoms with Gasteiger partial charge in [0.15, 0.2) is 0 Å². The summed E-state index contributed by atoms with van der Waals surface area (Å²) in [5.74, 6) is 2.27. The molecule has 0 saturated carbocycles. The second-order valence-corrected chi connectivity index (χ2v) is 4.43. The number of fused-ring (bicyclic) bond motifs is 1. The quantitative estimate of drug-likeness (QED) is 0.727. The molecule has 2 aromatic rings. The molecule has 18 heavy (non-hydrogen) atoms. The van der Waals surface area contributed by atoms with Crippen LogP contribution in [0.3, 0.4) is 0 Å². The Morgan fingerprint density at radius 3 is 1.94 bits per heavy atom. The fraction of sp³-hybridized carbons (Fsp3) is 0.333. The number of rotatable bonds is 6. The monoisotopic (exact) mass is 264 g/mol. The summed E-state index contributed by atoms with van der Waals surface area (Å²) in [6.45, 7) is 3.38. The van der Waals surface area contributed by atoms with Crippen molar-refractivity contribution in [2.45, 2.75) is 13.3 Å². The van der Waals surface area contributed by atoms with Gasteiger partial charge in [-0.15, -0.1) is 11.6 Å². The topological polar surface area (TPSA) is 18.5 Å². The third-order valence-electron chi connectivity index (χ3n) is 2.60. The van der Waals surface area contributed by atoms with Crippen LogP contribution in [0.1, 0.15) is 13.3 Å². The van der Waals surface area contributed by atoms with E-state index >= 15 is 0 Å². The molecule has 0 aliphatic carbocycles. The van der Waals surface area contributed by atoms with Crippen LogP contribution in [0.5, 0.6) is 11.5 Å². The Hall–Kier alpha value is -1.41. The molecule has 2 rings (SSSR count). The smallest absolute Gasteiger partial charge is 0.119 e. The first-order valence-corrected chi connectivity index (χ1v) is 6.72. The van der Waals surface area contributed by atoms with Crippen LogP contribution in [-0.4, -0.2) is 19.1 Å². The van der Waals surface area contributed by atoms with Crippen LogP contribution in [0, 0.1) is 0 Å². The Balaban J connectivity index is 2.19. The van der Waals surface area contributed by atoms with Gasteiger partial charge in [0.2, 0.25) is 0 Å². The van der Waals surface area contributed by atoms with E-state index in [9.17, 15) is 0 Å². The molecule has 0 spiro atoms. The molecule has 0 amide bonds. The number of halogens is 1. The van der Waals surface area contributed by atoms with Crippen molar-refractivity contribution in [2.75, 3.05) is 19.1 Å². The maximum absolute atomic E-state index is 5.61. The summed E-state index contributed by atoms with van der Waals surface area (Å²) in [6, 6.07) is 12.1. The minimum atomic E-state index is 0.502. The fourth-order valence-electron chi connectivity index (χ4n) is 1.76. The second-order valence-electron chi connectivity index (χ2n) is 4.06. The van der Waals surface area contributed by atoms with Crippen molar-refractivity contribution in [1.29, 1.82) is 0 Å². The number of hydrogen-bond donors (Lipinski definition) is 0. The van der Waals surface area contributed by atoms with Crippen LogP contribution < -0.4 is 9.47 Å². The predicted molar refractivity (Wildman–Crippen MR) is 75.9 cm³/mol. The lowest BCUT2D eigenvalue weighted by Gasteiger charge is -2.08. The molecule has 0 heterocycles. The fourth-order valence-corrected chi connectivity index (χ4v) is 1.83. The Labute approximate surface area is 112 Å². The van der Waals surface area contributed by atoms with Gasteiger partial charge in [0, 0.05) is 0 Å². The van der Waals surface area contributed by atoms with Crippen molar-refractivity contribution >= 4 is 22.4 Å². The third kappa shape index (κ3) is 3.30. The van der Waals surface area contributed by atoms with E-state index in [1.54, 1.807) is 0 Å². The highest BCUT2D eigenvalue weighted by molar-refractivity contribution is 6.18. The summed E-state index contributed by atoms with van der Waals surface area (Å²) in [5, 5.41) is 2.30. The van der Waals surface area contributed by atoms with Crippen molar-refractivity contribution in [3.63, 3.8) is 0 Å². The molecule has 0 unspecified atom stereocenters. The maximum atomic E-state index is 5.61. The van der Waals surface area contributed by atoms with Gasteiger partial charge < -0.3 is 9.47 Å². The van der Waals surface area contributed by atoms with Gasteiger partial charge in [0.1, 0.15) is 18.1 Å². The molecular weight excluding hydrogens is 248 g/mol. The molecule has 0 bridgehead atoms. The van der Waals surface area contributed by atoms with Gasteiger partial charge in [-0.05, 0) is 41.5 Å². The Morgan fingerprint density at radius 2 is 1.44 bits per heavy atom. The normalized spacial score (nSPS) is 10.6. The highest BCUT2D eigenvalue weighted by Gasteiger charge is 2.00. The molecule has 2 nitrogen and oxygen atoms in total. The van der Waals surface area contributed by atoms with Gasteiger partial charge in [0.05, 0.1) is 12.5 Å². The van der Waals surface area contributed by atoms with E-state index in [0.29, 0.717) is 12.5 Å². The van der Waals surface area contributed by atoms with Gasteiger partial charge in [-0.25, -0.2) is 0 Å². The predicted octanol–water partition coefficient (Wildman–Crippen LogP) is 4.25. The molecule has 0 fully saturated rings. The number of benzene rings is 2. The Morgan fingerprint density at radius 1 is 0.889 bits per heavy atom. The molecule has 2 aromatic carbocycles. The Kier molecular flexibility index (Phi) is 4.71. The highest BCUT2D eigenvalue weighted by Crippen LogP contribution is 2.25. The molecule has 0 radical (unpaired) electrons. The van der Waals surface area contributed by atoms with Crippen LogP contribution in [0.25, 0.3) is 10.8 Å². The van der Waals surface area contributed by atoms with E-state index in [0.717, 1.165) is 35.3 Å². The van der Waals surface area contributed by atoms with Crippen LogP contribution >= 0.6 is 11.6 Å². The second kappa shape index (κ2) is 6.50. The van der Waals surface area contributed by atoms with Crippen LogP contribution in [0.4, 0.5) is 0 Å². The third-order valence-corrected chi connectivity index (χ3v) is 2.76. The summed E-state index contributed by atoms with van der Waals surface area (Å²) in [5.41, 5.74) is 0. The zero-order chi connectivity index (χ0) is 12.8. The van der Waals surface area contributed by atoms with Gasteiger partial charge in [-0.1, -0.05) is 19.1 Å². The molecule has 0 saturated heterocycles.